The highest BCUT2D eigenvalue weighted by molar-refractivity contribution is 5.05. The second kappa shape index (κ2) is 8.39. The minimum absolute atomic E-state index is 0.202. The van der Waals surface area contributed by atoms with E-state index in [0.29, 0.717) is 18.5 Å². The second-order valence-corrected chi connectivity index (χ2v) is 5.89. The lowest BCUT2D eigenvalue weighted by Crippen LogP contribution is -2.34. The SMILES string of the molecule is NCCCCCCc1cn([C@H]2C[C@H](O)[C@@H](CO)O2)c(=O)[nH]c1=O. The van der Waals surface area contributed by atoms with E-state index < -0.39 is 24.1 Å². The highest BCUT2D eigenvalue weighted by Crippen LogP contribution is 2.27. The van der Waals surface area contributed by atoms with Gasteiger partial charge in [-0.1, -0.05) is 12.8 Å². The number of hydrogen-bond acceptors (Lipinski definition) is 6. The van der Waals surface area contributed by atoms with Crippen molar-refractivity contribution < 1.29 is 14.9 Å². The first kappa shape index (κ1) is 17.9. The third-order valence-electron chi connectivity index (χ3n) is 4.14. The molecular formula is C15H25N3O5. The third-order valence-corrected chi connectivity index (χ3v) is 4.14. The maximum absolute atomic E-state index is 12.0. The van der Waals surface area contributed by atoms with Gasteiger partial charge in [0, 0.05) is 18.2 Å². The average Bonchev–Trinajstić information content (AvgIpc) is 2.89. The molecule has 5 N–H and O–H groups in total. The van der Waals surface area contributed by atoms with E-state index in [0.717, 1.165) is 25.7 Å². The number of nitrogens with one attached hydrogen (secondary N) is 1. The van der Waals surface area contributed by atoms with Gasteiger partial charge in [0.25, 0.3) is 5.56 Å². The van der Waals surface area contributed by atoms with Gasteiger partial charge in [0.05, 0.1) is 12.7 Å². The standard InChI is InChI=1S/C15H25N3O5/c16-6-4-2-1-3-5-10-8-18(15(22)17-14(10)21)13-7-11(20)12(9-19)23-13/h8,11-13,19-20H,1-7,9,16H2,(H,17,21,22)/t11-,12+,13+/m0/s1. The predicted molar refractivity (Wildman–Crippen MR) is 84.2 cm³/mol. The Morgan fingerprint density at radius 1 is 1.30 bits per heavy atom. The first-order valence-electron chi connectivity index (χ1n) is 8.05. The number of aryl methyl sites for hydroxylation is 1. The van der Waals surface area contributed by atoms with Crippen LogP contribution in [0.4, 0.5) is 0 Å². The molecule has 23 heavy (non-hydrogen) atoms. The van der Waals surface area contributed by atoms with Crippen LogP contribution >= 0.6 is 0 Å². The molecule has 8 heteroatoms. The minimum Gasteiger partial charge on any atom is -0.394 e. The van der Waals surface area contributed by atoms with Crippen LogP contribution < -0.4 is 17.0 Å². The van der Waals surface area contributed by atoms with Crippen molar-refractivity contribution in [2.45, 2.75) is 57.0 Å². The zero-order valence-corrected chi connectivity index (χ0v) is 13.1. The monoisotopic (exact) mass is 327 g/mol. The molecule has 0 bridgehead atoms. The Morgan fingerprint density at radius 3 is 2.70 bits per heavy atom. The molecule has 0 unspecified atom stereocenters. The van der Waals surface area contributed by atoms with Crippen molar-refractivity contribution in [3.05, 3.63) is 32.6 Å². The lowest BCUT2D eigenvalue weighted by molar-refractivity contribution is -0.0460. The van der Waals surface area contributed by atoms with Crippen LogP contribution in [0.15, 0.2) is 15.8 Å². The van der Waals surface area contributed by atoms with E-state index in [1.54, 1.807) is 0 Å². The molecule has 1 aliphatic rings. The van der Waals surface area contributed by atoms with Gasteiger partial charge in [-0.3, -0.25) is 14.3 Å². The quantitative estimate of drug-likeness (QED) is 0.464. The van der Waals surface area contributed by atoms with E-state index in [2.05, 4.69) is 4.98 Å². The van der Waals surface area contributed by atoms with E-state index in [1.807, 2.05) is 0 Å². The molecule has 1 aliphatic heterocycles. The topological polar surface area (TPSA) is 131 Å². The summed E-state index contributed by atoms with van der Waals surface area (Å²) in [5.41, 5.74) is 5.00. The Morgan fingerprint density at radius 2 is 2.04 bits per heavy atom. The number of aromatic amines is 1. The highest BCUT2D eigenvalue weighted by atomic mass is 16.5. The maximum Gasteiger partial charge on any atom is 0.330 e. The fourth-order valence-electron chi connectivity index (χ4n) is 2.78. The molecule has 8 nitrogen and oxygen atoms in total. The van der Waals surface area contributed by atoms with Crippen LogP contribution in [0.2, 0.25) is 0 Å². The molecule has 1 fully saturated rings. The fourth-order valence-corrected chi connectivity index (χ4v) is 2.78. The van der Waals surface area contributed by atoms with Gasteiger partial charge in [0.15, 0.2) is 0 Å². The van der Waals surface area contributed by atoms with Gasteiger partial charge in [-0.25, -0.2) is 4.79 Å². The van der Waals surface area contributed by atoms with Gasteiger partial charge in [-0.05, 0) is 25.8 Å². The maximum atomic E-state index is 12.0. The van der Waals surface area contributed by atoms with Crippen LogP contribution in [0.3, 0.4) is 0 Å². The second-order valence-electron chi connectivity index (χ2n) is 5.89. The van der Waals surface area contributed by atoms with Crippen LogP contribution in [0, 0.1) is 0 Å². The van der Waals surface area contributed by atoms with Gasteiger partial charge >= 0.3 is 5.69 Å². The molecule has 0 saturated carbocycles. The average molecular weight is 327 g/mol. The van der Waals surface area contributed by atoms with Gasteiger partial charge in [-0.15, -0.1) is 0 Å². The number of aliphatic hydroxyl groups excluding tert-OH is 2. The Balaban J connectivity index is 2.08. The Labute approximate surface area is 133 Å². The molecule has 0 spiro atoms. The molecule has 0 amide bonds. The van der Waals surface area contributed by atoms with Crippen molar-refractivity contribution in [1.29, 1.82) is 0 Å². The molecule has 1 saturated heterocycles. The summed E-state index contributed by atoms with van der Waals surface area (Å²) in [6, 6.07) is 0. The Kier molecular flexibility index (Phi) is 6.52. The van der Waals surface area contributed by atoms with Gasteiger partial charge in [-0.2, -0.15) is 0 Å². The lowest BCUT2D eigenvalue weighted by Gasteiger charge is -2.15. The van der Waals surface area contributed by atoms with Crippen molar-refractivity contribution in [2.75, 3.05) is 13.2 Å². The summed E-state index contributed by atoms with van der Waals surface area (Å²) in [6.45, 7) is 0.350. The van der Waals surface area contributed by atoms with E-state index >= 15 is 0 Å². The van der Waals surface area contributed by atoms with Crippen molar-refractivity contribution in [3.63, 3.8) is 0 Å². The first-order valence-corrected chi connectivity index (χ1v) is 8.05. The summed E-state index contributed by atoms with van der Waals surface area (Å²) in [5.74, 6) is 0. The van der Waals surface area contributed by atoms with Crippen LogP contribution in [-0.4, -0.2) is 45.1 Å². The third kappa shape index (κ3) is 4.51. The van der Waals surface area contributed by atoms with Gasteiger partial charge < -0.3 is 20.7 Å². The van der Waals surface area contributed by atoms with E-state index in [1.165, 1.54) is 10.8 Å². The Hall–Kier alpha value is -1.48. The zero-order chi connectivity index (χ0) is 16.8. The molecule has 2 heterocycles. The normalized spacial score (nSPS) is 24.2. The number of nitrogens with two attached hydrogens (primary N) is 1. The molecule has 1 aromatic heterocycles. The van der Waals surface area contributed by atoms with Crippen molar-refractivity contribution in [2.24, 2.45) is 5.73 Å². The molecule has 1 aromatic rings. The number of unbranched alkanes of at least 4 members (excludes halogenated alkanes) is 3. The fraction of sp³-hybridized carbons (Fsp3) is 0.733. The molecule has 2 rings (SSSR count). The highest BCUT2D eigenvalue weighted by Gasteiger charge is 2.35. The number of ether oxygens (including phenoxy) is 1. The number of hydrogen-bond donors (Lipinski definition) is 4. The number of nitrogens with zero attached hydrogens (tertiary/aromatic N) is 1. The van der Waals surface area contributed by atoms with Gasteiger partial charge in [0.1, 0.15) is 12.3 Å². The number of aromatic nitrogens is 2. The summed E-state index contributed by atoms with van der Waals surface area (Å²) in [4.78, 5) is 26.1. The van der Waals surface area contributed by atoms with E-state index in [9.17, 15) is 14.7 Å². The summed E-state index contributed by atoms with van der Waals surface area (Å²) in [5, 5.41) is 18.9. The zero-order valence-electron chi connectivity index (χ0n) is 13.1. The minimum atomic E-state index is -0.830. The van der Waals surface area contributed by atoms with Gasteiger partial charge in [0.2, 0.25) is 0 Å². The largest absolute Gasteiger partial charge is 0.394 e. The summed E-state index contributed by atoms with van der Waals surface area (Å²) >= 11 is 0. The summed E-state index contributed by atoms with van der Waals surface area (Å²) < 4.78 is 6.76. The summed E-state index contributed by atoms with van der Waals surface area (Å²) in [7, 11) is 0. The van der Waals surface area contributed by atoms with Crippen LogP contribution in [0.5, 0.6) is 0 Å². The smallest absolute Gasteiger partial charge is 0.330 e. The number of H-pyrrole nitrogens is 1. The molecular weight excluding hydrogens is 302 g/mol. The van der Waals surface area contributed by atoms with E-state index in [4.69, 9.17) is 15.6 Å². The number of rotatable bonds is 8. The molecule has 130 valence electrons. The lowest BCUT2D eigenvalue weighted by atomic mass is 10.1. The van der Waals surface area contributed by atoms with Crippen LogP contribution in [-0.2, 0) is 11.2 Å². The molecule has 0 aromatic carbocycles. The van der Waals surface area contributed by atoms with Crippen LogP contribution in [0.1, 0.15) is 43.9 Å². The molecule has 3 atom stereocenters. The van der Waals surface area contributed by atoms with E-state index in [-0.39, 0.29) is 18.6 Å². The molecule has 0 radical (unpaired) electrons. The van der Waals surface area contributed by atoms with Crippen LogP contribution in [0.25, 0.3) is 0 Å². The summed E-state index contributed by atoms with van der Waals surface area (Å²) in [6.07, 6.45) is 3.85. The van der Waals surface area contributed by atoms with Crippen molar-refractivity contribution >= 4 is 0 Å². The predicted octanol–water partition coefficient (Wildman–Crippen LogP) is -0.761. The first-order chi connectivity index (χ1) is 11.1. The Bertz CT molecular complexity index is 612. The number of aliphatic hydroxyl groups is 2. The van der Waals surface area contributed by atoms with Crippen molar-refractivity contribution in [3.8, 4) is 0 Å². The van der Waals surface area contributed by atoms with Crippen molar-refractivity contribution in [1.82, 2.24) is 9.55 Å². The molecule has 0 aliphatic carbocycles.